The highest BCUT2D eigenvalue weighted by Gasteiger charge is 2.34. The number of ether oxygens (including phenoxy) is 1. The molecule has 2 amide bonds. The van der Waals surface area contributed by atoms with Crippen LogP contribution < -0.4 is 14.4 Å². The zero-order valence-corrected chi connectivity index (χ0v) is 26.7. The minimum atomic E-state index is -4.35. The van der Waals surface area contributed by atoms with E-state index in [-0.39, 0.29) is 29.5 Å². The van der Waals surface area contributed by atoms with Crippen LogP contribution in [0.15, 0.2) is 71.6 Å². The molecule has 3 rings (SSSR count). The van der Waals surface area contributed by atoms with E-state index >= 15 is 0 Å². The molecular weight excluding hydrogens is 616 g/mol. The van der Waals surface area contributed by atoms with Crippen molar-refractivity contribution in [2.45, 2.75) is 57.5 Å². The number of carbonyl (C=O) groups excluding carboxylic acids is 2. The Morgan fingerprint density at radius 1 is 0.977 bits per heavy atom. The van der Waals surface area contributed by atoms with Gasteiger partial charge in [0.05, 0.1) is 17.2 Å². The van der Waals surface area contributed by atoms with E-state index in [0.29, 0.717) is 34.5 Å². The summed E-state index contributed by atoms with van der Waals surface area (Å²) in [6.45, 7) is 5.73. The number of anilines is 1. The number of halogens is 3. The molecule has 1 N–H and O–H groups in total. The minimum absolute atomic E-state index is 0.0672. The largest absolute Gasteiger partial charge is 0.494 e. The Kier molecular flexibility index (Phi) is 12.7. The van der Waals surface area contributed by atoms with Gasteiger partial charge in [-0.3, -0.25) is 13.9 Å². The standard InChI is InChI=1S/C31H36Cl2FN3O5S/c1-4-7-18-35-31(39)29(5-2)36(20-22-8-9-23(32)19-28(22)33)30(38)21-37(25-12-14-26(15-13-25)42-6-3)43(40,41)27-16-10-24(34)11-17-27/h8-17,19,29H,4-7,18,20-21H2,1-3H3,(H,35,39). The highest BCUT2D eigenvalue weighted by molar-refractivity contribution is 7.92. The van der Waals surface area contributed by atoms with Crippen molar-refractivity contribution in [3.8, 4) is 5.75 Å². The van der Waals surface area contributed by atoms with Crippen molar-refractivity contribution in [2.24, 2.45) is 0 Å². The number of unbranched alkanes of at least 4 members (excludes halogenated alkanes) is 1. The SMILES string of the molecule is CCCCNC(=O)C(CC)N(Cc1ccc(Cl)cc1Cl)C(=O)CN(c1ccc(OCC)cc1)S(=O)(=O)c1ccc(F)cc1. The van der Waals surface area contributed by atoms with Gasteiger partial charge < -0.3 is 15.0 Å². The predicted molar refractivity (Wildman–Crippen MR) is 168 cm³/mol. The Morgan fingerprint density at radius 3 is 2.23 bits per heavy atom. The molecule has 0 aliphatic carbocycles. The molecule has 0 saturated heterocycles. The van der Waals surface area contributed by atoms with Crippen LogP contribution in [-0.4, -0.2) is 50.9 Å². The summed E-state index contributed by atoms with van der Waals surface area (Å²) in [6, 6.07) is 14.5. The third-order valence-corrected chi connectivity index (χ3v) is 9.06. The molecule has 1 unspecified atom stereocenters. The van der Waals surface area contributed by atoms with Crippen LogP contribution in [0.2, 0.25) is 10.0 Å². The van der Waals surface area contributed by atoms with Gasteiger partial charge in [0.1, 0.15) is 24.2 Å². The molecule has 0 bridgehead atoms. The van der Waals surface area contributed by atoms with Gasteiger partial charge >= 0.3 is 0 Å². The fraction of sp³-hybridized carbons (Fsp3) is 0.355. The Balaban J connectivity index is 2.06. The Labute approximate surface area is 262 Å². The molecule has 0 aliphatic rings. The van der Waals surface area contributed by atoms with Crippen molar-refractivity contribution in [3.63, 3.8) is 0 Å². The van der Waals surface area contributed by atoms with Gasteiger partial charge in [0, 0.05) is 23.1 Å². The third-order valence-electron chi connectivity index (χ3n) is 6.69. The number of hydrogen-bond acceptors (Lipinski definition) is 5. The molecule has 12 heteroatoms. The highest BCUT2D eigenvalue weighted by atomic mass is 35.5. The van der Waals surface area contributed by atoms with Crippen LogP contribution in [0.4, 0.5) is 10.1 Å². The molecule has 0 fully saturated rings. The number of sulfonamides is 1. The zero-order chi connectivity index (χ0) is 31.6. The maximum atomic E-state index is 14.1. The lowest BCUT2D eigenvalue weighted by atomic mass is 10.1. The Bertz CT molecular complexity index is 1490. The second-order valence-corrected chi connectivity index (χ2v) is 12.4. The van der Waals surface area contributed by atoms with Gasteiger partial charge in [-0.05, 0) is 86.0 Å². The summed E-state index contributed by atoms with van der Waals surface area (Å²) in [6.07, 6.45) is 1.90. The van der Waals surface area contributed by atoms with Gasteiger partial charge in [-0.15, -0.1) is 0 Å². The van der Waals surface area contributed by atoms with Gasteiger partial charge in [0.2, 0.25) is 11.8 Å². The van der Waals surface area contributed by atoms with Crippen molar-refractivity contribution < 1.29 is 27.1 Å². The van der Waals surface area contributed by atoms with E-state index in [1.807, 2.05) is 13.8 Å². The van der Waals surface area contributed by atoms with E-state index in [9.17, 15) is 22.4 Å². The van der Waals surface area contributed by atoms with Crippen LogP contribution in [0.1, 0.15) is 45.6 Å². The van der Waals surface area contributed by atoms with E-state index in [1.54, 1.807) is 31.2 Å². The smallest absolute Gasteiger partial charge is 0.264 e. The lowest BCUT2D eigenvalue weighted by Crippen LogP contribution is -2.52. The molecule has 0 heterocycles. The normalized spacial score (nSPS) is 12.0. The van der Waals surface area contributed by atoms with E-state index < -0.39 is 34.3 Å². The fourth-order valence-corrected chi connectivity index (χ4v) is 6.28. The second-order valence-electron chi connectivity index (χ2n) is 9.72. The average Bonchev–Trinajstić information content (AvgIpc) is 2.97. The van der Waals surface area contributed by atoms with Crippen LogP contribution in [0.5, 0.6) is 5.75 Å². The summed E-state index contributed by atoms with van der Waals surface area (Å²) in [5.74, 6) is -1.08. The third kappa shape index (κ3) is 9.08. The van der Waals surface area contributed by atoms with Crippen molar-refractivity contribution in [1.29, 1.82) is 0 Å². The summed E-state index contributed by atoms with van der Waals surface area (Å²) in [4.78, 5) is 28.6. The quantitative estimate of drug-likeness (QED) is 0.191. The monoisotopic (exact) mass is 651 g/mol. The fourth-order valence-electron chi connectivity index (χ4n) is 4.40. The van der Waals surface area contributed by atoms with E-state index in [2.05, 4.69) is 5.32 Å². The molecule has 0 aromatic heterocycles. The molecule has 232 valence electrons. The summed E-state index contributed by atoms with van der Waals surface area (Å²) in [5.41, 5.74) is 0.722. The van der Waals surface area contributed by atoms with E-state index in [4.69, 9.17) is 27.9 Å². The van der Waals surface area contributed by atoms with Gasteiger partial charge in [0.25, 0.3) is 10.0 Å². The second kappa shape index (κ2) is 15.9. The number of amides is 2. The van der Waals surface area contributed by atoms with Crippen molar-refractivity contribution >= 4 is 50.7 Å². The van der Waals surface area contributed by atoms with Crippen LogP contribution in [-0.2, 0) is 26.2 Å². The number of rotatable bonds is 15. The van der Waals surface area contributed by atoms with E-state index in [0.717, 1.165) is 41.4 Å². The van der Waals surface area contributed by atoms with Crippen molar-refractivity contribution in [3.05, 3.63) is 88.2 Å². The molecule has 3 aromatic carbocycles. The van der Waals surface area contributed by atoms with Crippen LogP contribution in [0.3, 0.4) is 0 Å². The lowest BCUT2D eigenvalue weighted by molar-refractivity contribution is -0.140. The molecule has 8 nitrogen and oxygen atoms in total. The number of benzene rings is 3. The molecule has 43 heavy (non-hydrogen) atoms. The first-order chi connectivity index (χ1) is 20.5. The molecule has 0 aliphatic heterocycles. The first kappa shape index (κ1) is 34.2. The van der Waals surface area contributed by atoms with Gasteiger partial charge in [0.15, 0.2) is 0 Å². The molecule has 3 aromatic rings. The maximum absolute atomic E-state index is 14.1. The number of hydrogen-bond donors (Lipinski definition) is 1. The first-order valence-electron chi connectivity index (χ1n) is 14.0. The van der Waals surface area contributed by atoms with Crippen molar-refractivity contribution in [1.82, 2.24) is 10.2 Å². The van der Waals surface area contributed by atoms with Gasteiger partial charge in [-0.2, -0.15) is 0 Å². The van der Waals surface area contributed by atoms with E-state index in [1.165, 1.54) is 23.1 Å². The Hall–Kier alpha value is -3.34. The summed E-state index contributed by atoms with van der Waals surface area (Å²) >= 11 is 12.5. The van der Waals surface area contributed by atoms with Crippen LogP contribution >= 0.6 is 23.2 Å². The van der Waals surface area contributed by atoms with Crippen molar-refractivity contribution in [2.75, 3.05) is 24.0 Å². The van der Waals surface area contributed by atoms with Crippen LogP contribution in [0, 0.1) is 5.82 Å². The zero-order valence-electron chi connectivity index (χ0n) is 24.4. The molecule has 0 saturated carbocycles. The topological polar surface area (TPSA) is 96.0 Å². The predicted octanol–water partition coefficient (Wildman–Crippen LogP) is 6.45. The molecular formula is C31H36Cl2FN3O5S. The average molecular weight is 653 g/mol. The minimum Gasteiger partial charge on any atom is -0.494 e. The first-order valence-corrected chi connectivity index (χ1v) is 16.2. The number of nitrogens with zero attached hydrogens (tertiary/aromatic N) is 2. The van der Waals surface area contributed by atoms with Crippen LogP contribution in [0.25, 0.3) is 0 Å². The Morgan fingerprint density at radius 2 is 1.65 bits per heavy atom. The summed E-state index contributed by atoms with van der Waals surface area (Å²) in [5, 5.41) is 3.58. The lowest BCUT2D eigenvalue weighted by Gasteiger charge is -2.33. The molecule has 0 spiro atoms. The molecule has 1 atom stereocenters. The maximum Gasteiger partial charge on any atom is 0.264 e. The number of nitrogens with one attached hydrogen (secondary N) is 1. The summed E-state index contributed by atoms with van der Waals surface area (Å²) in [7, 11) is -4.35. The molecule has 0 radical (unpaired) electrons. The highest BCUT2D eigenvalue weighted by Crippen LogP contribution is 2.28. The summed E-state index contributed by atoms with van der Waals surface area (Å²) < 4.78 is 47.9. The van der Waals surface area contributed by atoms with Gasteiger partial charge in [-0.1, -0.05) is 49.5 Å². The van der Waals surface area contributed by atoms with Gasteiger partial charge in [-0.25, -0.2) is 12.8 Å². The number of carbonyl (C=O) groups is 2.